The zero-order valence-electron chi connectivity index (χ0n) is 6.40. The van der Waals surface area contributed by atoms with E-state index < -0.39 is 5.97 Å². The molecular weight excluding hydrogens is 178 g/mol. The topological polar surface area (TPSA) is 67.3 Å². The van der Waals surface area contributed by atoms with Crippen LogP contribution in [0.15, 0.2) is 5.38 Å². The number of ketones is 1. The molecule has 0 aliphatic carbocycles. The molecule has 1 N–H and O–H groups in total. The van der Waals surface area contributed by atoms with Crippen molar-refractivity contribution in [2.45, 2.75) is 13.3 Å². The lowest BCUT2D eigenvalue weighted by Gasteiger charge is -1.86. The summed E-state index contributed by atoms with van der Waals surface area (Å²) >= 11 is 1.07. The zero-order valence-corrected chi connectivity index (χ0v) is 7.22. The Labute approximate surface area is 72.9 Å². The van der Waals surface area contributed by atoms with Crippen molar-refractivity contribution in [2.24, 2.45) is 0 Å². The summed E-state index contributed by atoms with van der Waals surface area (Å²) in [5.74, 6) is -1.21. The van der Waals surface area contributed by atoms with E-state index in [2.05, 4.69) is 4.98 Å². The highest BCUT2D eigenvalue weighted by Crippen LogP contribution is 2.11. The van der Waals surface area contributed by atoms with Crippen LogP contribution in [0.5, 0.6) is 0 Å². The third-order valence-corrected chi connectivity index (χ3v) is 2.17. The molecule has 0 fully saturated rings. The number of carboxylic acid groups (broad SMARTS) is 1. The number of hydrogen-bond donors (Lipinski definition) is 1. The van der Waals surface area contributed by atoms with Crippen LogP contribution in [0.25, 0.3) is 0 Å². The van der Waals surface area contributed by atoms with Crippen molar-refractivity contribution in [3.8, 4) is 0 Å². The summed E-state index contributed by atoms with van der Waals surface area (Å²) in [5.41, 5.74) is -0.0585. The molecule has 0 amide bonds. The molecule has 0 saturated heterocycles. The summed E-state index contributed by atoms with van der Waals surface area (Å²) in [6.45, 7) is 1.71. The van der Waals surface area contributed by atoms with Crippen molar-refractivity contribution in [3.63, 3.8) is 0 Å². The van der Waals surface area contributed by atoms with Crippen molar-refractivity contribution in [3.05, 3.63) is 16.1 Å². The fraction of sp³-hybridized carbons (Fsp3) is 0.286. The molecule has 4 nitrogen and oxygen atoms in total. The summed E-state index contributed by atoms with van der Waals surface area (Å²) in [6.07, 6.45) is 0.354. The van der Waals surface area contributed by atoms with Gasteiger partial charge in [-0.15, -0.1) is 11.3 Å². The van der Waals surface area contributed by atoms with E-state index in [-0.39, 0.29) is 16.5 Å². The molecule has 1 rings (SSSR count). The van der Waals surface area contributed by atoms with E-state index in [1.54, 1.807) is 6.92 Å². The number of Topliss-reactive ketones (excluding diaryl/α,β-unsaturated/α-hetero) is 1. The average Bonchev–Trinajstić information content (AvgIpc) is 2.51. The first-order valence-electron chi connectivity index (χ1n) is 3.37. The van der Waals surface area contributed by atoms with Crippen LogP contribution >= 0.6 is 11.3 Å². The molecule has 0 spiro atoms. The van der Waals surface area contributed by atoms with E-state index in [0.29, 0.717) is 6.42 Å². The van der Waals surface area contributed by atoms with Crippen LogP contribution in [0.3, 0.4) is 0 Å². The van der Waals surface area contributed by atoms with E-state index in [1.165, 1.54) is 5.38 Å². The second-order valence-electron chi connectivity index (χ2n) is 2.12. The second kappa shape index (κ2) is 3.44. The van der Waals surface area contributed by atoms with E-state index in [9.17, 15) is 9.59 Å². The smallest absolute Gasteiger partial charge is 0.355 e. The highest BCUT2D eigenvalue weighted by atomic mass is 32.1. The van der Waals surface area contributed by atoms with Crippen molar-refractivity contribution >= 4 is 23.1 Å². The molecule has 1 aromatic heterocycles. The van der Waals surface area contributed by atoms with Crippen LogP contribution in [0, 0.1) is 0 Å². The molecule has 0 radical (unpaired) electrons. The Bertz CT molecular complexity index is 318. The summed E-state index contributed by atoms with van der Waals surface area (Å²) in [7, 11) is 0. The molecule has 64 valence electrons. The highest BCUT2D eigenvalue weighted by Gasteiger charge is 2.12. The third-order valence-electron chi connectivity index (χ3n) is 1.28. The van der Waals surface area contributed by atoms with Gasteiger partial charge in [-0.2, -0.15) is 0 Å². The van der Waals surface area contributed by atoms with Crippen LogP contribution in [0.2, 0.25) is 0 Å². The number of nitrogens with zero attached hydrogens (tertiary/aromatic N) is 1. The minimum atomic E-state index is -1.10. The number of aromatic carboxylic acids is 1. The normalized spacial score (nSPS) is 9.75. The van der Waals surface area contributed by atoms with Crippen molar-refractivity contribution in [1.29, 1.82) is 0 Å². The largest absolute Gasteiger partial charge is 0.476 e. The van der Waals surface area contributed by atoms with Gasteiger partial charge in [0.1, 0.15) is 0 Å². The van der Waals surface area contributed by atoms with Gasteiger partial charge in [0, 0.05) is 11.8 Å². The SMILES string of the molecule is CCC(=O)c1nc(C(=O)O)cs1. The van der Waals surface area contributed by atoms with Gasteiger partial charge in [0.05, 0.1) is 0 Å². The molecule has 0 unspecified atom stereocenters. The predicted molar refractivity (Wildman–Crippen MR) is 43.7 cm³/mol. The lowest BCUT2D eigenvalue weighted by molar-refractivity contribution is 0.0691. The molecule has 1 aromatic rings. The molecule has 0 aliphatic rings. The van der Waals surface area contributed by atoms with Crippen LogP contribution in [0.1, 0.15) is 33.6 Å². The van der Waals surface area contributed by atoms with E-state index >= 15 is 0 Å². The van der Waals surface area contributed by atoms with E-state index in [4.69, 9.17) is 5.11 Å². The Morgan fingerprint density at radius 3 is 2.75 bits per heavy atom. The molecule has 0 bridgehead atoms. The highest BCUT2D eigenvalue weighted by molar-refractivity contribution is 7.11. The van der Waals surface area contributed by atoms with Gasteiger partial charge in [0.2, 0.25) is 0 Å². The molecule has 5 heteroatoms. The first-order chi connectivity index (χ1) is 5.65. The maximum atomic E-state index is 11.0. The number of thiazole rings is 1. The van der Waals surface area contributed by atoms with Gasteiger partial charge in [0.15, 0.2) is 16.5 Å². The number of rotatable bonds is 3. The van der Waals surface area contributed by atoms with Gasteiger partial charge in [-0.3, -0.25) is 4.79 Å². The van der Waals surface area contributed by atoms with E-state index in [0.717, 1.165) is 11.3 Å². The monoisotopic (exact) mass is 185 g/mol. The molecule has 0 saturated carbocycles. The Morgan fingerprint density at radius 1 is 1.67 bits per heavy atom. The summed E-state index contributed by atoms with van der Waals surface area (Å²) in [5, 5.41) is 10.1. The first kappa shape index (κ1) is 8.86. The quantitative estimate of drug-likeness (QED) is 0.723. The van der Waals surface area contributed by atoms with Gasteiger partial charge < -0.3 is 5.11 Å². The Morgan fingerprint density at radius 2 is 2.33 bits per heavy atom. The number of aromatic nitrogens is 1. The van der Waals surface area contributed by atoms with Gasteiger partial charge in [-0.25, -0.2) is 9.78 Å². The average molecular weight is 185 g/mol. The summed E-state index contributed by atoms with van der Waals surface area (Å²) in [4.78, 5) is 25.0. The van der Waals surface area contributed by atoms with Crippen molar-refractivity contribution < 1.29 is 14.7 Å². The van der Waals surface area contributed by atoms with Crippen LogP contribution in [0.4, 0.5) is 0 Å². The Kier molecular flexibility index (Phi) is 2.54. The number of carbonyl (C=O) groups excluding carboxylic acids is 1. The van der Waals surface area contributed by atoms with Crippen LogP contribution in [-0.2, 0) is 0 Å². The lowest BCUT2D eigenvalue weighted by Crippen LogP contribution is -2.00. The lowest BCUT2D eigenvalue weighted by atomic mass is 10.3. The zero-order chi connectivity index (χ0) is 9.14. The fourth-order valence-electron chi connectivity index (χ4n) is 0.651. The van der Waals surface area contributed by atoms with E-state index in [1.807, 2.05) is 0 Å². The standard InChI is InChI=1S/C7H7NO3S/c1-2-5(9)6-8-4(3-12-6)7(10)11/h3H,2H2,1H3,(H,10,11). The maximum absolute atomic E-state index is 11.0. The molecule has 0 atom stereocenters. The van der Waals surface area contributed by atoms with Crippen molar-refractivity contribution in [2.75, 3.05) is 0 Å². The Hall–Kier alpha value is -1.23. The number of carboxylic acids is 1. The molecular formula is C7H7NO3S. The van der Waals surface area contributed by atoms with Gasteiger partial charge >= 0.3 is 5.97 Å². The Balaban J connectivity index is 2.91. The second-order valence-corrected chi connectivity index (χ2v) is 2.98. The third kappa shape index (κ3) is 1.68. The predicted octanol–water partition coefficient (Wildman–Crippen LogP) is 1.43. The van der Waals surface area contributed by atoms with Gasteiger partial charge in [-0.05, 0) is 0 Å². The van der Waals surface area contributed by atoms with Crippen LogP contribution in [-0.4, -0.2) is 21.8 Å². The van der Waals surface area contributed by atoms with Crippen molar-refractivity contribution in [1.82, 2.24) is 4.98 Å². The molecule has 0 aliphatic heterocycles. The van der Waals surface area contributed by atoms with Crippen LogP contribution < -0.4 is 0 Å². The van der Waals surface area contributed by atoms with Gasteiger partial charge in [-0.1, -0.05) is 6.92 Å². The summed E-state index contributed by atoms with van der Waals surface area (Å²) in [6, 6.07) is 0. The molecule has 12 heavy (non-hydrogen) atoms. The first-order valence-corrected chi connectivity index (χ1v) is 4.25. The minimum Gasteiger partial charge on any atom is -0.476 e. The fourth-order valence-corrected chi connectivity index (χ4v) is 1.45. The number of carbonyl (C=O) groups is 2. The molecule has 0 aromatic carbocycles. The van der Waals surface area contributed by atoms with Gasteiger partial charge in [0.25, 0.3) is 0 Å². The minimum absolute atomic E-state index is 0.0585. The number of hydrogen-bond acceptors (Lipinski definition) is 4. The summed E-state index contributed by atoms with van der Waals surface area (Å²) < 4.78 is 0. The maximum Gasteiger partial charge on any atom is 0.355 e. The molecule has 1 heterocycles.